The maximum absolute atomic E-state index is 5.89. The van der Waals surface area contributed by atoms with Crippen molar-refractivity contribution in [1.29, 1.82) is 0 Å². The molecule has 0 spiro atoms. The molecule has 0 amide bonds. The van der Waals surface area contributed by atoms with Crippen molar-refractivity contribution in [2.24, 2.45) is 0 Å². The van der Waals surface area contributed by atoms with Gasteiger partial charge in [0.05, 0.1) is 12.2 Å². The Labute approximate surface area is 72.1 Å². The molecule has 2 rings (SSSR count). The second kappa shape index (κ2) is 3.78. The summed E-state index contributed by atoms with van der Waals surface area (Å²) in [6, 6.07) is 0. The van der Waals surface area contributed by atoms with Gasteiger partial charge in [-0.3, -0.25) is 0 Å². The van der Waals surface area contributed by atoms with Crippen LogP contribution in [-0.4, -0.2) is 36.8 Å². The van der Waals surface area contributed by atoms with Gasteiger partial charge in [0.2, 0.25) is 0 Å². The first-order chi connectivity index (χ1) is 5.45. The SMILES string of the molecule is C1CC(OC2CCSC2)CN1. The fourth-order valence-corrected chi connectivity index (χ4v) is 2.74. The molecule has 64 valence electrons. The van der Waals surface area contributed by atoms with Gasteiger partial charge in [0.15, 0.2) is 0 Å². The highest BCUT2D eigenvalue weighted by atomic mass is 32.2. The summed E-state index contributed by atoms with van der Waals surface area (Å²) in [5.41, 5.74) is 0. The van der Waals surface area contributed by atoms with Gasteiger partial charge in [0.25, 0.3) is 0 Å². The molecule has 0 aromatic heterocycles. The van der Waals surface area contributed by atoms with Gasteiger partial charge in [-0.05, 0) is 25.1 Å². The third-order valence-corrected chi connectivity index (χ3v) is 3.42. The Morgan fingerprint density at radius 3 is 2.91 bits per heavy atom. The van der Waals surface area contributed by atoms with Crippen LogP contribution in [0.3, 0.4) is 0 Å². The van der Waals surface area contributed by atoms with E-state index >= 15 is 0 Å². The molecule has 0 radical (unpaired) electrons. The third kappa shape index (κ3) is 2.10. The quantitative estimate of drug-likeness (QED) is 0.669. The fourth-order valence-electron chi connectivity index (χ4n) is 1.64. The molecule has 2 fully saturated rings. The number of ether oxygens (including phenoxy) is 1. The molecule has 2 aliphatic heterocycles. The van der Waals surface area contributed by atoms with Crippen LogP contribution in [0.1, 0.15) is 12.8 Å². The minimum Gasteiger partial charge on any atom is -0.373 e. The van der Waals surface area contributed by atoms with Crippen LogP contribution in [0.15, 0.2) is 0 Å². The van der Waals surface area contributed by atoms with Gasteiger partial charge < -0.3 is 10.1 Å². The van der Waals surface area contributed by atoms with E-state index in [1.807, 2.05) is 11.8 Å². The molecule has 2 aliphatic rings. The highest BCUT2D eigenvalue weighted by molar-refractivity contribution is 7.99. The van der Waals surface area contributed by atoms with E-state index < -0.39 is 0 Å². The van der Waals surface area contributed by atoms with E-state index in [4.69, 9.17) is 4.74 Å². The van der Waals surface area contributed by atoms with E-state index in [0.29, 0.717) is 12.2 Å². The van der Waals surface area contributed by atoms with Crippen molar-refractivity contribution in [2.75, 3.05) is 24.6 Å². The number of thioether (sulfide) groups is 1. The Kier molecular flexibility index (Phi) is 2.72. The van der Waals surface area contributed by atoms with Crippen molar-refractivity contribution in [3.63, 3.8) is 0 Å². The molecule has 2 atom stereocenters. The van der Waals surface area contributed by atoms with Crippen LogP contribution in [-0.2, 0) is 4.74 Å². The van der Waals surface area contributed by atoms with Crippen molar-refractivity contribution in [1.82, 2.24) is 5.32 Å². The van der Waals surface area contributed by atoms with Crippen LogP contribution in [0.4, 0.5) is 0 Å². The molecule has 0 saturated carbocycles. The van der Waals surface area contributed by atoms with E-state index in [2.05, 4.69) is 5.32 Å². The van der Waals surface area contributed by atoms with Gasteiger partial charge in [-0.1, -0.05) is 0 Å². The Hall–Kier alpha value is 0.270. The summed E-state index contributed by atoms with van der Waals surface area (Å²) in [5, 5.41) is 3.31. The lowest BCUT2D eigenvalue weighted by atomic mass is 10.3. The highest BCUT2D eigenvalue weighted by Crippen LogP contribution is 2.22. The zero-order valence-electron chi connectivity index (χ0n) is 6.71. The second-order valence-corrected chi connectivity index (χ2v) is 4.39. The minimum atomic E-state index is 0.513. The molecule has 1 N–H and O–H groups in total. The molecule has 0 aromatic rings. The standard InChI is InChI=1S/C8H15NOS/c1-3-9-5-7(1)10-8-2-4-11-6-8/h7-9H,1-6H2. The van der Waals surface area contributed by atoms with Crippen LogP contribution in [0.2, 0.25) is 0 Å². The highest BCUT2D eigenvalue weighted by Gasteiger charge is 2.22. The first-order valence-corrected chi connectivity index (χ1v) is 5.54. The zero-order chi connectivity index (χ0) is 7.52. The smallest absolute Gasteiger partial charge is 0.0715 e. The normalized spacial score (nSPS) is 38.2. The summed E-state index contributed by atoms with van der Waals surface area (Å²) in [4.78, 5) is 0. The van der Waals surface area contributed by atoms with Crippen molar-refractivity contribution in [3.05, 3.63) is 0 Å². The molecule has 2 saturated heterocycles. The maximum Gasteiger partial charge on any atom is 0.0715 e. The molecule has 0 aromatic carbocycles. The summed E-state index contributed by atoms with van der Waals surface area (Å²) in [7, 11) is 0. The van der Waals surface area contributed by atoms with Crippen LogP contribution in [0.25, 0.3) is 0 Å². The third-order valence-electron chi connectivity index (χ3n) is 2.29. The molecular formula is C8H15NOS. The Morgan fingerprint density at radius 1 is 1.27 bits per heavy atom. The van der Waals surface area contributed by atoms with Crippen LogP contribution >= 0.6 is 11.8 Å². The first kappa shape index (κ1) is 7.90. The van der Waals surface area contributed by atoms with E-state index in [9.17, 15) is 0 Å². The average molecular weight is 173 g/mol. The lowest BCUT2D eigenvalue weighted by Crippen LogP contribution is -2.23. The van der Waals surface area contributed by atoms with Crippen LogP contribution in [0.5, 0.6) is 0 Å². The van der Waals surface area contributed by atoms with E-state index in [1.54, 1.807) is 0 Å². The van der Waals surface area contributed by atoms with Crippen molar-refractivity contribution in [3.8, 4) is 0 Å². The van der Waals surface area contributed by atoms with E-state index in [0.717, 1.165) is 13.1 Å². The van der Waals surface area contributed by atoms with Gasteiger partial charge in [0.1, 0.15) is 0 Å². The van der Waals surface area contributed by atoms with Gasteiger partial charge in [-0.2, -0.15) is 11.8 Å². The van der Waals surface area contributed by atoms with Gasteiger partial charge >= 0.3 is 0 Å². The minimum absolute atomic E-state index is 0.513. The number of rotatable bonds is 2. The molecule has 2 unspecified atom stereocenters. The van der Waals surface area contributed by atoms with Crippen molar-refractivity contribution in [2.45, 2.75) is 25.0 Å². The summed E-state index contributed by atoms with van der Waals surface area (Å²) >= 11 is 2.02. The summed E-state index contributed by atoms with van der Waals surface area (Å²) in [6.07, 6.45) is 3.55. The van der Waals surface area contributed by atoms with E-state index in [-0.39, 0.29) is 0 Å². The Bertz CT molecular complexity index is 105. The molecule has 2 nitrogen and oxygen atoms in total. The molecule has 0 bridgehead atoms. The van der Waals surface area contributed by atoms with Crippen LogP contribution < -0.4 is 5.32 Å². The number of hydrogen-bond acceptors (Lipinski definition) is 3. The number of hydrogen-bond donors (Lipinski definition) is 1. The average Bonchev–Trinajstić information content (AvgIpc) is 2.60. The lowest BCUT2D eigenvalue weighted by Gasteiger charge is -2.15. The maximum atomic E-state index is 5.89. The molecule has 2 heterocycles. The fraction of sp³-hybridized carbons (Fsp3) is 1.00. The Balaban J connectivity index is 1.71. The van der Waals surface area contributed by atoms with Crippen molar-refractivity contribution < 1.29 is 4.74 Å². The molecule has 3 heteroatoms. The molecular weight excluding hydrogens is 158 g/mol. The van der Waals surface area contributed by atoms with E-state index in [1.165, 1.54) is 24.3 Å². The lowest BCUT2D eigenvalue weighted by molar-refractivity contribution is 0.0141. The monoisotopic (exact) mass is 173 g/mol. The van der Waals surface area contributed by atoms with Crippen LogP contribution in [0, 0.1) is 0 Å². The summed E-state index contributed by atoms with van der Waals surface area (Å²) in [6.45, 7) is 2.21. The summed E-state index contributed by atoms with van der Waals surface area (Å²) < 4.78 is 5.89. The topological polar surface area (TPSA) is 21.3 Å². The molecule has 11 heavy (non-hydrogen) atoms. The molecule has 0 aliphatic carbocycles. The van der Waals surface area contributed by atoms with Gasteiger partial charge in [0, 0.05) is 12.3 Å². The largest absolute Gasteiger partial charge is 0.373 e. The number of nitrogens with one attached hydrogen (secondary N) is 1. The second-order valence-electron chi connectivity index (χ2n) is 3.24. The van der Waals surface area contributed by atoms with Crippen molar-refractivity contribution >= 4 is 11.8 Å². The zero-order valence-corrected chi connectivity index (χ0v) is 7.53. The van der Waals surface area contributed by atoms with Gasteiger partial charge in [-0.25, -0.2) is 0 Å². The Morgan fingerprint density at radius 2 is 2.27 bits per heavy atom. The van der Waals surface area contributed by atoms with Gasteiger partial charge in [-0.15, -0.1) is 0 Å². The summed E-state index contributed by atoms with van der Waals surface area (Å²) in [5.74, 6) is 2.52. The predicted molar refractivity (Wildman–Crippen MR) is 48.1 cm³/mol. The first-order valence-electron chi connectivity index (χ1n) is 4.39. The predicted octanol–water partition coefficient (Wildman–Crippen LogP) is 0.870.